The number of anilines is 1. The standard InChI is InChI=1S/C23H31FN4O2/c1-16-9-14-28(17(2)15-26(3)4)23(30)21(16)22(29)25-19-10-12-27(13-11-19)20-7-5-18(24)6-8-20/h5-9,14,17,19H,10-13,15H2,1-4H3,(H,25,29). The van der Waals surface area contributed by atoms with Gasteiger partial charge in [0.15, 0.2) is 0 Å². The lowest BCUT2D eigenvalue weighted by atomic mass is 10.0. The summed E-state index contributed by atoms with van der Waals surface area (Å²) < 4.78 is 14.8. The first-order chi connectivity index (χ1) is 14.3. The number of hydrogen-bond acceptors (Lipinski definition) is 4. The summed E-state index contributed by atoms with van der Waals surface area (Å²) in [6.07, 6.45) is 3.32. The predicted molar refractivity (Wildman–Crippen MR) is 118 cm³/mol. The molecule has 1 unspecified atom stereocenters. The maximum absolute atomic E-state index is 13.1. The lowest BCUT2D eigenvalue weighted by molar-refractivity contribution is 0.0928. The summed E-state index contributed by atoms with van der Waals surface area (Å²) in [7, 11) is 3.92. The molecular formula is C23H31FN4O2. The minimum absolute atomic E-state index is 0.0147. The molecule has 1 aromatic heterocycles. The number of aryl methyl sites for hydroxylation is 1. The summed E-state index contributed by atoms with van der Waals surface area (Å²) in [5, 5.41) is 3.06. The van der Waals surface area contributed by atoms with Crippen LogP contribution in [0.15, 0.2) is 41.3 Å². The van der Waals surface area contributed by atoms with Gasteiger partial charge in [-0.2, -0.15) is 0 Å². The molecule has 2 aromatic rings. The van der Waals surface area contributed by atoms with Crippen LogP contribution in [-0.2, 0) is 0 Å². The fourth-order valence-electron chi connectivity index (χ4n) is 4.07. The zero-order valence-electron chi connectivity index (χ0n) is 18.2. The molecule has 6 nitrogen and oxygen atoms in total. The molecule has 7 heteroatoms. The molecule has 0 bridgehead atoms. The summed E-state index contributed by atoms with van der Waals surface area (Å²) in [6.45, 7) is 6.03. The van der Waals surface area contributed by atoms with E-state index in [1.165, 1.54) is 12.1 Å². The van der Waals surface area contributed by atoms with Crippen LogP contribution in [0.2, 0.25) is 0 Å². The number of nitrogens with one attached hydrogen (secondary N) is 1. The Labute approximate surface area is 177 Å². The van der Waals surface area contributed by atoms with Crippen LogP contribution < -0.4 is 15.8 Å². The van der Waals surface area contributed by atoms with Gasteiger partial charge in [0.1, 0.15) is 11.4 Å². The van der Waals surface area contributed by atoms with Crippen molar-refractivity contribution in [1.82, 2.24) is 14.8 Å². The molecular weight excluding hydrogens is 383 g/mol. The Morgan fingerprint density at radius 3 is 2.43 bits per heavy atom. The predicted octanol–water partition coefficient (Wildman–Crippen LogP) is 2.82. The number of piperidine rings is 1. The van der Waals surface area contributed by atoms with Crippen LogP contribution in [0.3, 0.4) is 0 Å². The van der Waals surface area contributed by atoms with Crippen LogP contribution in [0.4, 0.5) is 10.1 Å². The van der Waals surface area contributed by atoms with E-state index in [4.69, 9.17) is 0 Å². The van der Waals surface area contributed by atoms with Crippen LogP contribution >= 0.6 is 0 Å². The highest BCUT2D eigenvalue weighted by Crippen LogP contribution is 2.20. The van der Waals surface area contributed by atoms with Gasteiger partial charge in [0.25, 0.3) is 11.5 Å². The summed E-state index contributed by atoms with van der Waals surface area (Å²) in [4.78, 5) is 30.2. The average Bonchev–Trinajstić information content (AvgIpc) is 2.68. The van der Waals surface area contributed by atoms with Gasteiger partial charge in [-0.3, -0.25) is 9.59 Å². The molecule has 1 aromatic carbocycles. The third kappa shape index (κ3) is 5.08. The van der Waals surface area contributed by atoms with Gasteiger partial charge in [-0.25, -0.2) is 4.39 Å². The third-order valence-corrected chi connectivity index (χ3v) is 5.68. The molecule has 2 heterocycles. The molecule has 3 rings (SSSR count). The maximum atomic E-state index is 13.1. The molecule has 0 radical (unpaired) electrons. The van der Waals surface area contributed by atoms with Crippen molar-refractivity contribution in [3.05, 3.63) is 63.8 Å². The van der Waals surface area contributed by atoms with Gasteiger partial charge in [0.2, 0.25) is 0 Å². The Morgan fingerprint density at radius 1 is 1.20 bits per heavy atom. The van der Waals surface area contributed by atoms with Crippen molar-refractivity contribution in [3.63, 3.8) is 0 Å². The van der Waals surface area contributed by atoms with E-state index in [0.717, 1.165) is 31.6 Å². The molecule has 1 aliphatic heterocycles. The minimum atomic E-state index is -0.302. The average molecular weight is 415 g/mol. The highest BCUT2D eigenvalue weighted by Gasteiger charge is 2.24. The van der Waals surface area contributed by atoms with E-state index < -0.39 is 0 Å². The number of rotatable bonds is 6. The number of amides is 1. The molecule has 0 saturated carbocycles. The van der Waals surface area contributed by atoms with Crippen molar-refractivity contribution < 1.29 is 9.18 Å². The normalized spacial score (nSPS) is 16.0. The topological polar surface area (TPSA) is 57.6 Å². The van der Waals surface area contributed by atoms with Gasteiger partial charge >= 0.3 is 0 Å². The number of aromatic nitrogens is 1. The number of halogens is 1. The van der Waals surface area contributed by atoms with E-state index in [9.17, 15) is 14.0 Å². The zero-order chi connectivity index (χ0) is 21.8. The van der Waals surface area contributed by atoms with Gasteiger partial charge in [-0.05, 0) is 76.7 Å². The van der Waals surface area contributed by atoms with Gasteiger partial charge in [0.05, 0.1) is 0 Å². The fourth-order valence-corrected chi connectivity index (χ4v) is 4.07. The number of hydrogen-bond donors (Lipinski definition) is 1. The van der Waals surface area contributed by atoms with Crippen LogP contribution in [0.1, 0.15) is 41.7 Å². The second kappa shape index (κ2) is 9.43. The largest absolute Gasteiger partial charge is 0.371 e. The Balaban J connectivity index is 1.66. The molecule has 1 saturated heterocycles. The van der Waals surface area contributed by atoms with Crippen molar-refractivity contribution in [2.24, 2.45) is 0 Å². The second-order valence-electron chi connectivity index (χ2n) is 8.41. The first kappa shape index (κ1) is 22.0. The van der Waals surface area contributed by atoms with Gasteiger partial charge in [0, 0.05) is 43.6 Å². The van der Waals surface area contributed by atoms with Crippen molar-refractivity contribution in [1.29, 1.82) is 0 Å². The van der Waals surface area contributed by atoms with Crippen molar-refractivity contribution in [3.8, 4) is 0 Å². The lowest BCUT2D eigenvalue weighted by Gasteiger charge is -2.34. The number of nitrogens with zero attached hydrogens (tertiary/aromatic N) is 3. The highest BCUT2D eigenvalue weighted by molar-refractivity contribution is 5.95. The van der Waals surface area contributed by atoms with Crippen molar-refractivity contribution >= 4 is 11.6 Å². The summed E-state index contributed by atoms with van der Waals surface area (Å²) in [5.41, 5.74) is 1.65. The van der Waals surface area contributed by atoms with E-state index in [-0.39, 0.29) is 34.9 Å². The van der Waals surface area contributed by atoms with Crippen LogP contribution in [0.5, 0.6) is 0 Å². The van der Waals surface area contributed by atoms with E-state index in [1.807, 2.05) is 32.0 Å². The lowest BCUT2D eigenvalue weighted by Crippen LogP contribution is -2.46. The number of likely N-dealkylation sites (N-methyl/N-ethyl adjacent to an activating group) is 1. The molecule has 1 N–H and O–H groups in total. The number of carbonyl (C=O) groups excluding carboxylic acids is 1. The van der Waals surface area contributed by atoms with E-state index in [2.05, 4.69) is 10.2 Å². The van der Waals surface area contributed by atoms with Crippen LogP contribution in [-0.4, -0.2) is 55.1 Å². The Kier molecular flexibility index (Phi) is 6.92. The van der Waals surface area contributed by atoms with Crippen LogP contribution in [0, 0.1) is 12.7 Å². The molecule has 1 fully saturated rings. The van der Waals surface area contributed by atoms with E-state index >= 15 is 0 Å². The summed E-state index contributed by atoms with van der Waals surface area (Å²) in [5.74, 6) is -0.547. The van der Waals surface area contributed by atoms with Crippen molar-refractivity contribution in [2.45, 2.75) is 38.8 Å². The highest BCUT2D eigenvalue weighted by atomic mass is 19.1. The van der Waals surface area contributed by atoms with Gasteiger partial charge < -0.3 is 19.7 Å². The van der Waals surface area contributed by atoms with Crippen molar-refractivity contribution in [2.75, 3.05) is 38.6 Å². The summed E-state index contributed by atoms with van der Waals surface area (Å²) in [6, 6.07) is 8.30. The Hall–Kier alpha value is -2.67. The second-order valence-corrected chi connectivity index (χ2v) is 8.41. The smallest absolute Gasteiger partial charge is 0.263 e. The molecule has 1 aliphatic rings. The quantitative estimate of drug-likeness (QED) is 0.790. The van der Waals surface area contributed by atoms with E-state index in [1.54, 1.807) is 29.8 Å². The number of benzene rings is 1. The summed E-state index contributed by atoms with van der Waals surface area (Å²) >= 11 is 0. The molecule has 1 atom stereocenters. The SMILES string of the molecule is Cc1ccn(C(C)CN(C)C)c(=O)c1C(=O)NC1CCN(c2ccc(F)cc2)CC1. The molecule has 162 valence electrons. The fraction of sp³-hybridized carbons (Fsp3) is 0.478. The zero-order valence-corrected chi connectivity index (χ0v) is 18.2. The Morgan fingerprint density at radius 2 is 1.83 bits per heavy atom. The van der Waals surface area contributed by atoms with Gasteiger partial charge in [-0.1, -0.05) is 0 Å². The minimum Gasteiger partial charge on any atom is -0.371 e. The first-order valence-corrected chi connectivity index (χ1v) is 10.4. The molecule has 0 spiro atoms. The monoisotopic (exact) mass is 414 g/mol. The first-order valence-electron chi connectivity index (χ1n) is 10.4. The Bertz CT molecular complexity index is 931. The third-order valence-electron chi connectivity index (χ3n) is 5.68. The molecule has 0 aliphatic carbocycles. The molecule has 30 heavy (non-hydrogen) atoms. The maximum Gasteiger partial charge on any atom is 0.263 e. The van der Waals surface area contributed by atoms with E-state index in [0.29, 0.717) is 12.1 Å². The van der Waals surface area contributed by atoms with Gasteiger partial charge in [-0.15, -0.1) is 0 Å². The number of pyridine rings is 1. The molecule has 1 amide bonds. The number of carbonyl (C=O) groups is 1. The van der Waals surface area contributed by atoms with Crippen LogP contribution in [0.25, 0.3) is 0 Å².